The fourth-order valence-corrected chi connectivity index (χ4v) is 1.95. The van der Waals surface area contributed by atoms with Crippen molar-refractivity contribution in [3.05, 3.63) is 53.9 Å². The van der Waals surface area contributed by atoms with Gasteiger partial charge in [-0.2, -0.15) is 5.10 Å². The molecule has 0 saturated heterocycles. The third kappa shape index (κ3) is 2.74. The maximum atomic E-state index is 6.38. The summed E-state index contributed by atoms with van der Waals surface area (Å²) in [4.78, 5) is 0. The molecule has 2 rings (SSSR count). The van der Waals surface area contributed by atoms with Gasteiger partial charge < -0.3 is 5.73 Å². The van der Waals surface area contributed by atoms with Crippen molar-refractivity contribution in [3.63, 3.8) is 0 Å². The van der Waals surface area contributed by atoms with E-state index in [2.05, 4.69) is 31.1 Å². The Morgan fingerprint density at radius 3 is 2.59 bits per heavy atom. The maximum absolute atomic E-state index is 6.38. The minimum Gasteiger partial charge on any atom is -0.321 e. The zero-order chi connectivity index (χ0) is 12.3. The largest absolute Gasteiger partial charge is 0.321 e. The number of aryl methyl sites for hydroxylation is 1. The Bertz CT molecular complexity index is 471. The van der Waals surface area contributed by atoms with Crippen molar-refractivity contribution in [1.29, 1.82) is 0 Å². The van der Waals surface area contributed by atoms with E-state index in [1.807, 2.05) is 35.3 Å². The summed E-state index contributed by atoms with van der Waals surface area (Å²) in [5, 5.41) is 4.28. The number of benzene rings is 1. The van der Waals surface area contributed by atoms with Crippen molar-refractivity contribution in [2.45, 2.75) is 32.4 Å². The third-order valence-corrected chi connectivity index (χ3v) is 3.03. The van der Waals surface area contributed by atoms with Crippen molar-refractivity contribution in [2.75, 3.05) is 0 Å². The van der Waals surface area contributed by atoms with Gasteiger partial charge in [-0.15, -0.1) is 0 Å². The molecule has 3 heteroatoms. The van der Waals surface area contributed by atoms with Gasteiger partial charge in [-0.1, -0.05) is 30.3 Å². The van der Waals surface area contributed by atoms with E-state index in [1.165, 1.54) is 5.56 Å². The second-order valence-electron chi connectivity index (χ2n) is 4.66. The molecule has 2 N–H and O–H groups in total. The summed E-state index contributed by atoms with van der Waals surface area (Å²) in [5.41, 5.74) is 8.36. The number of aromatic nitrogens is 2. The number of rotatable bonds is 4. The number of nitrogens with two attached hydrogens (primary N) is 1. The second kappa shape index (κ2) is 4.72. The zero-order valence-corrected chi connectivity index (χ0v) is 10.4. The van der Waals surface area contributed by atoms with Crippen LogP contribution < -0.4 is 5.73 Å². The predicted octanol–water partition coefficient (Wildman–Crippen LogP) is 2.32. The summed E-state index contributed by atoms with van der Waals surface area (Å²) < 4.78 is 1.91. The van der Waals surface area contributed by atoms with E-state index < -0.39 is 0 Å². The molecule has 0 saturated carbocycles. The van der Waals surface area contributed by atoms with Crippen LogP contribution in [0.4, 0.5) is 0 Å². The number of nitrogens with zero attached hydrogens (tertiary/aromatic N) is 2. The topological polar surface area (TPSA) is 43.8 Å². The van der Waals surface area contributed by atoms with E-state index in [4.69, 9.17) is 5.73 Å². The van der Waals surface area contributed by atoms with E-state index >= 15 is 0 Å². The Kier molecular flexibility index (Phi) is 3.29. The molecule has 1 aromatic carbocycles. The Morgan fingerprint density at radius 2 is 2.00 bits per heavy atom. The third-order valence-electron chi connectivity index (χ3n) is 3.03. The number of hydrogen-bond donors (Lipinski definition) is 1. The molecule has 0 radical (unpaired) electrons. The highest BCUT2D eigenvalue weighted by Gasteiger charge is 2.23. The molecule has 1 atom stereocenters. The average Bonchev–Trinajstić information content (AvgIpc) is 2.79. The van der Waals surface area contributed by atoms with E-state index in [9.17, 15) is 0 Å². The molecule has 1 unspecified atom stereocenters. The Morgan fingerprint density at radius 1 is 1.29 bits per heavy atom. The van der Waals surface area contributed by atoms with Gasteiger partial charge in [0.25, 0.3) is 0 Å². The fourth-order valence-electron chi connectivity index (χ4n) is 1.95. The lowest BCUT2D eigenvalue weighted by atomic mass is 9.89. The summed E-state index contributed by atoms with van der Waals surface area (Å²) in [5.74, 6) is 0. The van der Waals surface area contributed by atoms with E-state index in [0.29, 0.717) is 0 Å². The highest BCUT2D eigenvalue weighted by Crippen LogP contribution is 2.22. The number of hydrogen-bond acceptors (Lipinski definition) is 2. The van der Waals surface area contributed by atoms with E-state index in [1.54, 1.807) is 0 Å². The van der Waals surface area contributed by atoms with Gasteiger partial charge in [0.15, 0.2) is 0 Å². The quantitative estimate of drug-likeness (QED) is 0.874. The van der Waals surface area contributed by atoms with Crippen molar-refractivity contribution in [2.24, 2.45) is 5.73 Å². The molecular weight excluding hydrogens is 210 g/mol. The fraction of sp³-hybridized carbons (Fsp3) is 0.357. The Hall–Kier alpha value is -1.61. The summed E-state index contributed by atoms with van der Waals surface area (Å²) in [7, 11) is 0. The minimum absolute atomic E-state index is 0.366. The van der Waals surface area contributed by atoms with Crippen LogP contribution in [0.15, 0.2) is 42.7 Å². The molecule has 0 fully saturated rings. The van der Waals surface area contributed by atoms with Crippen LogP contribution in [0.2, 0.25) is 0 Å². The smallest absolute Gasteiger partial charge is 0.0540 e. The molecule has 0 spiro atoms. The van der Waals surface area contributed by atoms with Gasteiger partial charge in [0.05, 0.1) is 6.20 Å². The maximum Gasteiger partial charge on any atom is 0.0540 e. The molecule has 3 nitrogen and oxygen atoms in total. The van der Waals surface area contributed by atoms with Crippen molar-refractivity contribution >= 4 is 0 Å². The van der Waals surface area contributed by atoms with Crippen LogP contribution >= 0.6 is 0 Å². The highest BCUT2D eigenvalue weighted by molar-refractivity contribution is 5.24. The minimum atomic E-state index is -0.366. The summed E-state index contributed by atoms with van der Waals surface area (Å²) >= 11 is 0. The van der Waals surface area contributed by atoms with Gasteiger partial charge in [-0.25, -0.2) is 0 Å². The molecule has 0 amide bonds. The summed E-state index contributed by atoms with van der Waals surface area (Å²) in [6, 6.07) is 10.3. The molecule has 1 aromatic heterocycles. The van der Waals surface area contributed by atoms with Crippen LogP contribution in [-0.4, -0.2) is 9.78 Å². The lowest BCUT2D eigenvalue weighted by Crippen LogP contribution is -2.35. The molecule has 0 bridgehead atoms. The first-order chi connectivity index (χ1) is 8.12. The molecule has 0 aliphatic carbocycles. The molecule has 17 heavy (non-hydrogen) atoms. The predicted molar refractivity (Wildman–Crippen MR) is 69.6 cm³/mol. The normalized spacial score (nSPS) is 14.5. The molecule has 0 aliphatic rings. The molecule has 0 aliphatic heterocycles. The molecule has 2 aromatic rings. The first-order valence-electron chi connectivity index (χ1n) is 5.97. The van der Waals surface area contributed by atoms with Crippen LogP contribution in [0.3, 0.4) is 0 Å². The van der Waals surface area contributed by atoms with Crippen LogP contribution in [0, 0.1) is 0 Å². The highest BCUT2D eigenvalue weighted by atomic mass is 15.3. The van der Waals surface area contributed by atoms with Crippen LogP contribution in [-0.2, 0) is 18.5 Å². The Labute approximate surface area is 102 Å². The summed E-state index contributed by atoms with van der Waals surface area (Å²) in [6.45, 7) is 5.00. The first kappa shape index (κ1) is 11.9. The van der Waals surface area contributed by atoms with Crippen LogP contribution in [0.1, 0.15) is 25.0 Å². The average molecular weight is 229 g/mol. The van der Waals surface area contributed by atoms with Crippen molar-refractivity contribution < 1.29 is 0 Å². The van der Waals surface area contributed by atoms with Crippen LogP contribution in [0.25, 0.3) is 0 Å². The zero-order valence-electron chi connectivity index (χ0n) is 10.4. The van der Waals surface area contributed by atoms with Gasteiger partial charge in [0, 0.05) is 23.8 Å². The second-order valence-corrected chi connectivity index (χ2v) is 4.66. The molecule has 1 heterocycles. The lowest BCUT2D eigenvalue weighted by molar-refractivity contribution is 0.490. The van der Waals surface area contributed by atoms with Gasteiger partial charge in [0.2, 0.25) is 0 Å². The van der Waals surface area contributed by atoms with Gasteiger partial charge in [0.1, 0.15) is 0 Å². The van der Waals surface area contributed by atoms with Crippen molar-refractivity contribution in [1.82, 2.24) is 9.78 Å². The molecular formula is C14H19N3. The van der Waals surface area contributed by atoms with Gasteiger partial charge in [-0.05, 0) is 25.8 Å². The monoisotopic (exact) mass is 229 g/mol. The van der Waals surface area contributed by atoms with E-state index in [0.717, 1.165) is 18.5 Å². The lowest BCUT2D eigenvalue weighted by Gasteiger charge is -2.23. The van der Waals surface area contributed by atoms with E-state index in [-0.39, 0.29) is 5.54 Å². The van der Waals surface area contributed by atoms with Gasteiger partial charge in [-0.3, -0.25) is 4.68 Å². The van der Waals surface area contributed by atoms with Crippen LogP contribution in [0.5, 0.6) is 0 Å². The first-order valence-corrected chi connectivity index (χ1v) is 5.97. The SMILES string of the molecule is CCn1cc(C(C)(N)Cc2ccccc2)cn1. The molecule has 90 valence electrons. The summed E-state index contributed by atoms with van der Waals surface area (Å²) in [6.07, 6.45) is 4.72. The standard InChI is InChI=1S/C14H19N3/c1-3-17-11-13(10-16-17)14(2,15)9-12-7-5-4-6-8-12/h4-8,10-11H,3,9,15H2,1-2H3. The van der Waals surface area contributed by atoms with Crippen molar-refractivity contribution in [3.8, 4) is 0 Å². The Balaban J connectivity index is 2.18. The van der Waals surface area contributed by atoms with Gasteiger partial charge >= 0.3 is 0 Å².